The average molecular weight is 459 g/mol. The predicted octanol–water partition coefficient (Wildman–Crippen LogP) is 4.26. The van der Waals surface area contributed by atoms with Gasteiger partial charge in [-0.15, -0.1) is 0 Å². The Kier molecular flexibility index (Phi) is 6.75. The molecule has 0 bridgehead atoms. The summed E-state index contributed by atoms with van der Waals surface area (Å²) in [6, 6.07) is 21.1. The van der Waals surface area contributed by atoms with E-state index in [1.807, 2.05) is 25.1 Å². The van der Waals surface area contributed by atoms with E-state index >= 15 is 0 Å². The predicted molar refractivity (Wildman–Crippen MR) is 129 cm³/mol. The molecule has 3 aromatic rings. The maximum Gasteiger partial charge on any atom is 0.303 e. The second kappa shape index (κ2) is 9.89. The van der Waals surface area contributed by atoms with Crippen LogP contribution in [0.4, 0.5) is 11.4 Å². The van der Waals surface area contributed by atoms with Gasteiger partial charge in [0.2, 0.25) is 0 Å². The molecule has 1 aliphatic heterocycles. The van der Waals surface area contributed by atoms with E-state index in [-0.39, 0.29) is 24.8 Å². The summed E-state index contributed by atoms with van der Waals surface area (Å²) in [6.07, 6.45) is -1.52. The van der Waals surface area contributed by atoms with Crippen molar-refractivity contribution in [1.29, 1.82) is 0 Å². The molecule has 174 valence electrons. The molecule has 0 saturated heterocycles. The van der Waals surface area contributed by atoms with Gasteiger partial charge in [-0.25, -0.2) is 0 Å². The fourth-order valence-corrected chi connectivity index (χ4v) is 4.12. The SMILES string of the molecule is CC(=O)O[C@@H]1c2ccccc2N(C(=O)c2ccc(NC(=O)c3ccccc3C)cc2)CC[C@H]1O. The molecule has 1 heterocycles. The van der Waals surface area contributed by atoms with E-state index in [0.29, 0.717) is 28.1 Å². The number of aliphatic hydroxyl groups excluding tert-OH is 1. The van der Waals surface area contributed by atoms with E-state index in [2.05, 4.69) is 5.32 Å². The summed E-state index contributed by atoms with van der Waals surface area (Å²) in [4.78, 5) is 39.1. The van der Waals surface area contributed by atoms with Gasteiger partial charge in [0.05, 0.1) is 11.8 Å². The Morgan fingerprint density at radius 1 is 0.971 bits per heavy atom. The van der Waals surface area contributed by atoms with Gasteiger partial charge < -0.3 is 20.1 Å². The van der Waals surface area contributed by atoms with Crippen LogP contribution in [0.15, 0.2) is 72.8 Å². The lowest BCUT2D eigenvalue weighted by Crippen LogP contribution is -2.32. The highest BCUT2D eigenvalue weighted by Crippen LogP contribution is 2.36. The fourth-order valence-electron chi connectivity index (χ4n) is 4.12. The Hall–Kier alpha value is -3.97. The number of fused-ring (bicyclic) bond motifs is 1. The zero-order chi connectivity index (χ0) is 24.2. The molecule has 1 aliphatic rings. The number of benzene rings is 3. The molecule has 0 unspecified atom stereocenters. The number of aliphatic hydroxyl groups is 1. The van der Waals surface area contributed by atoms with Gasteiger partial charge in [-0.3, -0.25) is 14.4 Å². The number of anilines is 2. The molecule has 7 heteroatoms. The summed E-state index contributed by atoms with van der Waals surface area (Å²) >= 11 is 0. The molecule has 0 fully saturated rings. The van der Waals surface area contributed by atoms with Crippen LogP contribution in [0.2, 0.25) is 0 Å². The van der Waals surface area contributed by atoms with Crippen molar-refractivity contribution >= 4 is 29.2 Å². The number of hydrogen-bond acceptors (Lipinski definition) is 5. The molecule has 7 nitrogen and oxygen atoms in total. The molecule has 2 atom stereocenters. The van der Waals surface area contributed by atoms with Gasteiger partial charge in [0.1, 0.15) is 0 Å². The summed E-state index contributed by atoms with van der Waals surface area (Å²) in [7, 11) is 0. The topological polar surface area (TPSA) is 95.9 Å². The highest BCUT2D eigenvalue weighted by molar-refractivity contribution is 6.08. The maximum atomic E-state index is 13.4. The lowest BCUT2D eigenvalue weighted by Gasteiger charge is -2.24. The first-order valence-electron chi connectivity index (χ1n) is 11.1. The number of amides is 2. The summed E-state index contributed by atoms with van der Waals surface area (Å²) in [5, 5.41) is 13.4. The Labute approximate surface area is 198 Å². The van der Waals surface area contributed by atoms with Crippen LogP contribution >= 0.6 is 0 Å². The van der Waals surface area contributed by atoms with E-state index in [1.165, 1.54) is 6.92 Å². The van der Waals surface area contributed by atoms with Crippen molar-refractivity contribution in [3.63, 3.8) is 0 Å². The zero-order valence-electron chi connectivity index (χ0n) is 19.0. The molecule has 2 N–H and O–H groups in total. The first-order valence-corrected chi connectivity index (χ1v) is 11.1. The lowest BCUT2D eigenvalue weighted by molar-refractivity contribution is -0.153. The van der Waals surface area contributed by atoms with Crippen LogP contribution in [-0.2, 0) is 9.53 Å². The molecule has 0 saturated carbocycles. The molecule has 34 heavy (non-hydrogen) atoms. The molecule has 0 radical (unpaired) electrons. The average Bonchev–Trinajstić information content (AvgIpc) is 2.96. The van der Waals surface area contributed by atoms with Crippen LogP contribution < -0.4 is 10.2 Å². The lowest BCUT2D eigenvalue weighted by atomic mass is 10.0. The van der Waals surface area contributed by atoms with E-state index in [0.717, 1.165) is 5.56 Å². The Balaban J connectivity index is 1.56. The molecular weight excluding hydrogens is 432 g/mol. The normalized spacial score (nSPS) is 17.3. The fraction of sp³-hybridized carbons (Fsp3) is 0.222. The van der Waals surface area contributed by atoms with Crippen LogP contribution in [0.3, 0.4) is 0 Å². The minimum absolute atomic E-state index is 0.218. The first-order chi connectivity index (χ1) is 16.3. The number of nitrogens with one attached hydrogen (secondary N) is 1. The van der Waals surface area contributed by atoms with Crippen molar-refractivity contribution in [2.45, 2.75) is 32.5 Å². The minimum atomic E-state index is -0.929. The smallest absolute Gasteiger partial charge is 0.303 e. The quantitative estimate of drug-likeness (QED) is 0.570. The standard InChI is InChI=1S/C27H26N2O5/c1-17-7-3-4-8-21(17)26(32)28-20-13-11-19(12-14-20)27(33)29-16-15-24(31)25(34-18(2)30)22-9-5-6-10-23(22)29/h3-14,24-25,31H,15-16H2,1-2H3,(H,28,32)/t24-,25-/m1/s1. The van der Waals surface area contributed by atoms with Gasteiger partial charge in [-0.2, -0.15) is 0 Å². The van der Waals surface area contributed by atoms with Gasteiger partial charge in [-0.05, 0) is 55.3 Å². The molecule has 0 aromatic heterocycles. The monoisotopic (exact) mass is 458 g/mol. The number of nitrogens with zero attached hydrogens (tertiary/aromatic N) is 1. The van der Waals surface area contributed by atoms with Crippen molar-refractivity contribution in [3.05, 3.63) is 95.1 Å². The highest BCUT2D eigenvalue weighted by atomic mass is 16.6. The highest BCUT2D eigenvalue weighted by Gasteiger charge is 2.34. The summed E-state index contributed by atoms with van der Waals surface area (Å²) < 4.78 is 5.37. The number of esters is 1. The largest absolute Gasteiger partial charge is 0.455 e. The summed E-state index contributed by atoms with van der Waals surface area (Å²) in [5.74, 6) is -0.967. The third kappa shape index (κ3) is 4.84. The van der Waals surface area contributed by atoms with Gasteiger partial charge in [-0.1, -0.05) is 36.4 Å². The van der Waals surface area contributed by atoms with Crippen LogP contribution in [0, 0.1) is 6.92 Å². The van der Waals surface area contributed by atoms with Crippen molar-refractivity contribution in [2.75, 3.05) is 16.8 Å². The van der Waals surface area contributed by atoms with Gasteiger partial charge in [0.15, 0.2) is 6.10 Å². The number of hydrogen-bond donors (Lipinski definition) is 2. The third-order valence-electron chi connectivity index (χ3n) is 5.85. The van der Waals surface area contributed by atoms with Gasteiger partial charge >= 0.3 is 5.97 Å². The van der Waals surface area contributed by atoms with E-state index in [4.69, 9.17) is 4.74 Å². The number of ether oxygens (including phenoxy) is 1. The minimum Gasteiger partial charge on any atom is -0.455 e. The van der Waals surface area contributed by atoms with Crippen molar-refractivity contribution < 1.29 is 24.2 Å². The summed E-state index contributed by atoms with van der Waals surface area (Å²) in [6.45, 7) is 3.43. The molecular formula is C27H26N2O5. The number of rotatable bonds is 4. The van der Waals surface area contributed by atoms with Crippen LogP contribution in [0.5, 0.6) is 0 Å². The molecule has 0 aliphatic carbocycles. The number of carbonyl (C=O) groups excluding carboxylic acids is 3. The first kappa shape index (κ1) is 23.2. The van der Waals surface area contributed by atoms with Crippen LogP contribution in [0.25, 0.3) is 0 Å². The third-order valence-corrected chi connectivity index (χ3v) is 5.85. The van der Waals surface area contributed by atoms with Gasteiger partial charge in [0, 0.05) is 35.8 Å². The second-order valence-electron chi connectivity index (χ2n) is 8.25. The van der Waals surface area contributed by atoms with Gasteiger partial charge in [0.25, 0.3) is 11.8 Å². The molecule has 3 aromatic carbocycles. The maximum absolute atomic E-state index is 13.4. The number of para-hydroxylation sites is 1. The number of aryl methyl sites for hydroxylation is 1. The van der Waals surface area contributed by atoms with E-state index in [1.54, 1.807) is 59.5 Å². The van der Waals surface area contributed by atoms with Crippen molar-refractivity contribution in [1.82, 2.24) is 0 Å². The Bertz CT molecular complexity index is 1220. The van der Waals surface area contributed by atoms with Crippen LogP contribution in [0.1, 0.15) is 51.3 Å². The van der Waals surface area contributed by atoms with Crippen LogP contribution in [-0.4, -0.2) is 35.5 Å². The molecule has 0 spiro atoms. The summed E-state index contributed by atoms with van der Waals surface area (Å²) in [5.41, 5.74) is 3.64. The van der Waals surface area contributed by atoms with E-state index < -0.39 is 18.2 Å². The Morgan fingerprint density at radius 3 is 2.35 bits per heavy atom. The van der Waals surface area contributed by atoms with E-state index in [9.17, 15) is 19.5 Å². The Morgan fingerprint density at radius 2 is 1.65 bits per heavy atom. The molecule has 4 rings (SSSR count). The van der Waals surface area contributed by atoms with Crippen molar-refractivity contribution in [3.8, 4) is 0 Å². The number of carbonyl (C=O) groups is 3. The zero-order valence-corrected chi connectivity index (χ0v) is 19.0. The molecule has 2 amide bonds. The second-order valence-corrected chi connectivity index (χ2v) is 8.25. The van der Waals surface area contributed by atoms with Crippen molar-refractivity contribution in [2.24, 2.45) is 0 Å².